The summed E-state index contributed by atoms with van der Waals surface area (Å²) < 4.78 is 1.17. The van der Waals surface area contributed by atoms with E-state index in [-0.39, 0.29) is 11.8 Å². The van der Waals surface area contributed by atoms with Crippen LogP contribution >= 0.6 is 11.3 Å². The standard InChI is InChI=1S/C17H23N3O2S/c1-10(2)7-14(16(19)21)20-17(22)13(18)8-11-9-23-15-6-4-3-5-12(11)15/h3-6,9-10,13-14H,7-8,18H2,1-2H3,(H2,19,21)(H,20,22)/t13?,14-/m0/s1. The van der Waals surface area contributed by atoms with Crippen LogP contribution in [-0.4, -0.2) is 23.9 Å². The van der Waals surface area contributed by atoms with Crippen LogP contribution in [0, 0.1) is 5.92 Å². The van der Waals surface area contributed by atoms with E-state index in [1.165, 1.54) is 4.70 Å². The Kier molecular flexibility index (Phi) is 5.74. The molecule has 0 fully saturated rings. The molecule has 0 bridgehead atoms. The van der Waals surface area contributed by atoms with Gasteiger partial charge in [0.15, 0.2) is 0 Å². The molecule has 6 heteroatoms. The second-order valence-corrected chi connectivity index (χ2v) is 7.07. The number of hydrogen-bond donors (Lipinski definition) is 3. The van der Waals surface area contributed by atoms with Crippen LogP contribution in [0.25, 0.3) is 10.1 Å². The van der Waals surface area contributed by atoms with Crippen molar-refractivity contribution in [3.63, 3.8) is 0 Å². The van der Waals surface area contributed by atoms with Gasteiger partial charge in [-0.15, -0.1) is 11.3 Å². The molecule has 2 aromatic rings. The Morgan fingerprint density at radius 2 is 1.96 bits per heavy atom. The second-order valence-electron chi connectivity index (χ2n) is 6.16. The first-order valence-corrected chi connectivity index (χ1v) is 8.56. The zero-order chi connectivity index (χ0) is 17.0. The summed E-state index contributed by atoms with van der Waals surface area (Å²) in [4.78, 5) is 23.7. The summed E-state index contributed by atoms with van der Waals surface area (Å²) in [5.41, 5.74) is 12.4. The normalized spacial score (nSPS) is 13.9. The number of nitrogens with one attached hydrogen (secondary N) is 1. The van der Waals surface area contributed by atoms with Crippen molar-refractivity contribution in [1.29, 1.82) is 0 Å². The number of thiophene rings is 1. The maximum Gasteiger partial charge on any atom is 0.240 e. The lowest BCUT2D eigenvalue weighted by Crippen LogP contribution is -2.51. The molecule has 0 radical (unpaired) electrons. The van der Waals surface area contributed by atoms with Gasteiger partial charge in [-0.1, -0.05) is 32.0 Å². The third-order valence-corrected chi connectivity index (χ3v) is 4.72. The topological polar surface area (TPSA) is 98.2 Å². The lowest BCUT2D eigenvalue weighted by Gasteiger charge is -2.20. The fraction of sp³-hybridized carbons (Fsp3) is 0.412. The van der Waals surface area contributed by atoms with Gasteiger partial charge in [-0.25, -0.2) is 0 Å². The lowest BCUT2D eigenvalue weighted by molar-refractivity contribution is -0.128. The van der Waals surface area contributed by atoms with Crippen LogP contribution in [0.15, 0.2) is 29.6 Å². The Bertz CT molecular complexity index is 696. The zero-order valence-electron chi connectivity index (χ0n) is 13.4. The highest BCUT2D eigenvalue weighted by Crippen LogP contribution is 2.26. The molecule has 1 unspecified atom stereocenters. The maximum absolute atomic E-state index is 12.3. The largest absolute Gasteiger partial charge is 0.368 e. The van der Waals surface area contributed by atoms with Gasteiger partial charge in [0.1, 0.15) is 6.04 Å². The number of nitrogens with two attached hydrogens (primary N) is 2. The van der Waals surface area contributed by atoms with Gasteiger partial charge in [0.2, 0.25) is 11.8 Å². The van der Waals surface area contributed by atoms with E-state index in [1.54, 1.807) is 11.3 Å². The van der Waals surface area contributed by atoms with E-state index in [0.29, 0.717) is 12.8 Å². The van der Waals surface area contributed by atoms with Gasteiger partial charge in [-0.2, -0.15) is 0 Å². The molecule has 2 rings (SSSR count). The quantitative estimate of drug-likeness (QED) is 0.720. The predicted molar refractivity (Wildman–Crippen MR) is 94.1 cm³/mol. The molecule has 0 spiro atoms. The van der Waals surface area contributed by atoms with E-state index < -0.39 is 18.0 Å². The molecule has 23 heavy (non-hydrogen) atoms. The van der Waals surface area contributed by atoms with Crippen LogP contribution in [0.4, 0.5) is 0 Å². The number of amides is 2. The van der Waals surface area contributed by atoms with Gasteiger partial charge in [0, 0.05) is 4.70 Å². The highest BCUT2D eigenvalue weighted by molar-refractivity contribution is 7.17. The minimum absolute atomic E-state index is 0.254. The minimum atomic E-state index is -0.706. The Morgan fingerprint density at radius 1 is 1.26 bits per heavy atom. The molecule has 1 aromatic carbocycles. The summed E-state index contributed by atoms with van der Waals surface area (Å²) in [5.74, 6) is -0.616. The van der Waals surface area contributed by atoms with E-state index in [2.05, 4.69) is 5.32 Å². The monoisotopic (exact) mass is 333 g/mol. The number of benzene rings is 1. The van der Waals surface area contributed by atoms with E-state index >= 15 is 0 Å². The third kappa shape index (κ3) is 4.53. The first-order chi connectivity index (χ1) is 10.9. The summed E-state index contributed by atoms with van der Waals surface area (Å²) in [6.07, 6.45) is 0.943. The summed E-state index contributed by atoms with van der Waals surface area (Å²) >= 11 is 1.63. The average Bonchev–Trinajstić information content (AvgIpc) is 2.89. The summed E-state index contributed by atoms with van der Waals surface area (Å²) in [7, 11) is 0. The van der Waals surface area contributed by atoms with Crippen molar-refractivity contribution >= 4 is 33.2 Å². The summed E-state index contributed by atoms with van der Waals surface area (Å²) in [6, 6.07) is 6.64. The van der Waals surface area contributed by atoms with Crippen LogP contribution < -0.4 is 16.8 Å². The second kappa shape index (κ2) is 7.57. The molecule has 0 saturated heterocycles. The van der Waals surface area contributed by atoms with Crippen molar-refractivity contribution in [2.24, 2.45) is 17.4 Å². The van der Waals surface area contributed by atoms with Gasteiger partial charge >= 0.3 is 0 Å². The molecule has 2 amide bonds. The Balaban J connectivity index is 2.03. The van der Waals surface area contributed by atoms with Crippen molar-refractivity contribution < 1.29 is 9.59 Å². The van der Waals surface area contributed by atoms with Gasteiger partial charge in [0.05, 0.1) is 6.04 Å². The Hall–Kier alpha value is -1.92. The molecule has 2 atom stereocenters. The van der Waals surface area contributed by atoms with Crippen molar-refractivity contribution in [3.05, 3.63) is 35.2 Å². The molecule has 1 heterocycles. The van der Waals surface area contributed by atoms with Crippen LogP contribution in [0.2, 0.25) is 0 Å². The minimum Gasteiger partial charge on any atom is -0.368 e. The van der Waals surface area contributed by atoms with Crippen LogP contribution in [-0.2, 0) is 16.0 Å². The van der Waals surface area contributed by atoms with Crippen molar-refractivity contribution in [2.75, 3.05) is 0 Å². The molecule has 0 aliphatic carbocycles. The van der Waals surface area contributed by atoms with Gasteiger partial charge < -0.3 is 16.8 Å². The SMILES string of the molecule is CC(C)C[C@H](NC(=O)C(N)Cc1csc2ccccc12)C(N)=O. The molecular weight excluding hydrogens is 310 g/mol. The Morgan fingerprint density at radius 3 is 2.61 bits per heavy atom. The molecule has 124 valence electrons. The number of carbonyl (C=O) groups excluding carboxylic acids is 2. The van der Waals surface area contributed by atoms with Crippen molar-refractivity contribution in [2.45, 2.75) is 38.8 Å². The van der Waals surface area contributed by atoms with Gasteiger partial charge in [-0.05, 0) is 41.2 Å². The molecule has 1 aromatic heterocycles. The molecule has 0 aliphatic rings. The average molecular weight is 333 g/mol. The number of hydrogen-bond acceptors (Lipinski definition) is 4. The summed E-state index contributed by atoms with van der Waals surface area (Å²) in [6.45, 7) is 3.94. The van der Waals surface area contributed by atoms with Crippen molar-refractivity contribution in [1.82, 2.24) is 5.32 Å². The van der Waals surface area contributed by atoms with Crippen molar-refractivity contribution in [3.8, 4) is 0 Å². The van der Waals surface area contributed by atoms with Crippen LogP contribution in [0.5, 0.6) is 0 Å². The van der Waals surface area contributed by atoms with Gasteiger partial charge in [-0.3, -0.25) is 9.59 Å². The van der Waals surface area contributed by atoms with Crippen LogP contribution in [0.3, 0.4) is 0 Å². The van der Waals surface area contributed by atoms with Gasteiger partial charge in [0.25, 0.3) is 0 Å². The molecule has 5 N–H and O–H groups in total. The smallest absolute Gasteiger partial charge is 0.240 e. The predicted octanol–water partition coefficient (Wildman–Crippen LogP) is 1.79. The fourth-order valence-electron chi connectivity index (χ4n) is 2.52. The number of carbonyl (C=O) groups is 2. The first kappa shape index (κ1) is 17.4. The molecule has 5 nitrogen and oxygen atoms in total. The van der Waals surface area contributed by atoms with E-state index in [9.17, 15) is 9.59 Å². The first-order valence-electron chi connectivity index (χ1n) is 7.69. The highest BCUT2D eigenvalue weighted by atomic mass is 32.1. The Labute approximate surface area is 140 Å². The van der Waals surface area contributed by atoms with E-state index in [1.807, 2.05) is 43.5 Å². The maximum atomic E-state index is 12.3. The fourth-order valence-corrected chi connectivity index (χ4v) is 3.49. The number of rotatable bonds is 7. The highest BCUT2D eigenvalue weighted by Gasteiger charge is 2.23. The van der Waals surface area contributed by atoms with E-state index in [0.717, 1.165) is 10.9 Å². The lowest BCUT2D eigenvalue weighted by atomic mass is 10.0. The summed E-state index contributed by atoms with van der Waals surface area (Å²) in [5, 5.41) is 5.82. The van der Waals surface area contributed by atoms with Crippen LogP contribution in [0.1, 0.15) is 25.8 Å². The van der Waals surface area contributed by atoms with E-state index in [4.69, 9.17) is 11.5 Å². The third-order valence-electron chi connectivity index (χ3n) is 3.70. The number of primary amides is 1. The molecule has 0 saturated carbocycles. The molecule has 0 aliphatic heterocycles. The molecular formula is C17H23N3O2S. The zero-order valence-corrected chi connectivity index (χ0v) is 14.2. The number of fused-ring (bicyclic) bond motifs is 1.